The Balaban J connectivity index is 1.98. The number of nitrogens with zero attached hydrogens (tertiary/aromatic N) is 3. The van der Waals surface area contributed by atoms with E-state index in [0.29, 0.717) is 25.1 Å². The van der Waals surface area contributed by atoms with Gasteiger partial charge in [0.05, 0.1) is 17.8 Å². The van der Waals surface area contributed by atoms with Crippen LogP contribution in [-0.2, 0) is 6.54 Å². The number of aromatic nitrogens is 3. The molecule has 4 nitrogen and oxygen atoms in total. The predicted octanol–water partition coefficient (Wildman–Crippen LogP) is 3.09. The van der Waals surface area contributed by atoms with Crippen LogP contribution in [0.1, 0.15) is 50.8 Å². The number of hydrogen-bond donors (Lipinski definition) is 1. The van der Waals surface area contributed by atoms with E-state index in [1.807, 2.05) is 6.92 Å². The lowest BCUT2D eigenvalue weighted by Gasteiger charge is -2.32. The molecule has 1 N–H and O–H groups in total. The molecule has 1 saturated carbocycles. The van der Waals surface area contributed by atoms with Gasteiger partial charge < -0.3 is 5.11 Å². The van der Waals surface area contributed by atoms with Crippen molar-refractivity contribution in [3.8, 4) is 0 Å². The predicted molar refractivity (Wildman–Crippen MR) is 66.8 cm³/mol. The monoisotopic (exact) mass is 291 g/mol. The van der Waals surface area contributed by atoms with Gasteiger partial charge in [0.15, 0.2) is 0 Å². The largest absolute Gasteiger partial charge is 0.391 e. The summed E-state index contributed by atoms with van der Waals surface area (Å²) in [6, 6.07) is 0. The van der Waals surface area contributed by atoms with Crippen molar-refractivity contribution >= 4 is 0 Å². The summed E-state index contributed by atoms with van der Waals surface area (Å²) in [6.45, 7) is 2.65. The quantitative estimate of drug-likeness (QED) is 0.927. The first kappa shape index (κ1) is 15.3. The minimum absolute atomic E-state index is 0.0978. The zero-order valence-corrected chi connectivity index (χ0v) is 11.5. The van der Waals surface area contributed by atoms with E-state index < -0.39 is 18.2 Å². The molecule has 0 aromatic carbocycles. The van der Waals surface area contributed by atoms with Crippen molar-refractivity contribution < 1.29 is 18.3 Å². The van der Waals surface area contributed by atoms with Gasteiger partial charge in [0, 0.05) is 6.54 Å². The number of rotatable bonds is 4. The molecule has 0 amide bonds. The van der Waals surface area contributed by atoms with E-state index in [0.717, 1.165) is 6.42 Å². The molecule has 7 heteroatoms. The van der Waals surface area contributed by atoms with Gasteiger partial charge in [-0.25, -0.2) is 4.68 Å². The Hall–Kier alpha value is -1.11. The van der Waals surface area contributed by atoms with Crippen molar-refractivity contribution in [3.05, 3.63) is 11.9 Å². The van der Waals surface area contributed by atoms with Crippen molar-refractivity contribution in [3.63, 3.8) is 0 Å². The molecule has 1 atom stereocenters. The second kappa shape index (κ2) is 6.11. The number of aliphatic hydroxyl groups excluding tert-OH is 1. The number of alkyl halides is 3. The maximum atomic E-state index is 12.6. The third-order valence-electron chi connectivity index (χ3n) is 4.07. The normalized spacial score (nSPS) is 25.6. The second-order valence-corrected chi connectivity index (χ2v) is 5.48. The number of aryl methyl sites for hydroxylation is 1. The van der Waals surface area contributed by atoms with Gasteiger partial charge in [0.2, 0.25) is 0 Å². The van der Waals surface area contributed by atoms with E-state index in [-0.39, 0.29) is 18.8 Å². The van der Waals surface area contributed by atoms with E-state index in [1.165, 1.54) is 6.20 Å². The summed E-state index contributed by atoms with van der Waals surface area (Å²) in [5.74, 6) is -1.35. The zero-order chi connectivity index (χ0) is 14.8. The summed E-state index contributed by atoms with van der Waals surface area (Å²) in [5, 5.41) is 18.0. The molecule has 1 aliphatic carbocycles. The van der Waals surface area contributed by atoms with Crippen LogP contribution in [0.15, 0.2) is 6.20 Å². The maximum Gasteiger partial charge on any atom is 0.391 e. The zero-order valence-electron chi connectivity index (χ0n) is 11.5. The third-order valence-corrected chi connectivity index (χ3v) is 4.07. The van der Waals surface area contributed by atoms with E-state index >= 15 is 0 Å². The van der Waals surface area contributed by atoms with E-state index in [1.54, 1.807) is 4.68 Å². The fourth-order valence-electron chi connectivity index (χ4n) is 2.88. The van der Waals surface area contributed by atoms with Gasteiger partial charge >= 0.3 is 6.18 Å². The summed E-state index contributed by atoms with van der Waals surface area (Å²) in [6.07, 6.45) is -1.53. The SMILES string of the molecule is CCCn1nncc1C(O)C1CCC(C(F)(F)F)CC1. The van der Waals surface area contributed by atoms with Gasteiger partial charge in [-0.3, -0.25) is 0 Å². The van der Waals surface area contributed by atoms with E-state index in [2.05, 4.69) is 10.3 Å². The van der Waals surface area contributed by atoms with Crippen LogP contribution in [-0.4, -0.2) is 26.3 Å². The molecule has 1 heterocycles. The van der Waals surface area contributed by atoms with E-state index in [9.17, 15) is 18.3 Å². The van der Waals surface area contributed by atoms with E-state index in [4.69, 9.17) is 0 Å². The van der Waals surface area contributed by atoms with Crippen molar-refractivity contribution in [1.29, 1.82) is 0 Å². The summed E-state index contributed by atoms with van der Waals surface area (Å²) in [4.78, 5) is 0. The molecular weight excluding hydrogens is 271 g/mol. The standard InChI is InChI=1S/C13H20F3N3O/c1-2-7-19-11(8-17-18-19)12(20)9-3-5-10(6-4-9)13(14,15)16/h8-10,12,20H,2-7H2,1H3. The van der Waals surface area contributed by atoms with Gasteiger partial charge in [0.25, 0.3) is 0 Å². The molecule has 0 bridgehead atoms. The van der Waals surface area contributed by atoms with Gasteiger partial charge in [0.1, 0.15) is 6.10 Å². The van der Waals surface area contributed by atoms with Crippen LogP contribution in [0.3, 0.4) is 0 Å². The maximum absolute atomic E-state index is 12.6. The Labute approximate surface area is 116 Å². The molecule has 0 saturated heterocycles. The molecule has 2 rings (SSSR count). The summed E-state index contributed by atoms with van der Waals surface area (Å²) in [5.41, 5.74) is 0.613. The molecule has 1 aromatic rings. The highest BCUT2D eigenvalue weighted by Crippen LogP contribution is 2.42. The van der Waals surface area contributed by atoms with Crippen LogP contribution in [0.2, 0.25) is 0 Å². The fraction of sp³-hybridized carbons (Fsp3) is 0.846. The Bertz CT molecular complexity index is 425. The van der Waals surface area contributed by atoms with Crippen molar-refractivity contribution in [2.24, 2.45) is 11.8 Å². The lowest BCUT2D eigenvalue weighted by atomic mass is 9.78. The number of hydrogen-bond acceptors (Lipinski definition) is 3. The summed E-state index contributed by atoms with van der Waals surface area (Å²) < 4.78 is 39.5. The Morgan fingerprint density at radius 2 is 2.00 bits per heavy atom. The van der Waals surface area contributed by atoms with Crippen LogP contribution in [0.5, 0.6) is 0 Å². The Kier molecular flexibility index (Phi) is 4.67. The lowest BCUT2D eigenvalue weighted by molar-refractivity contribution is -0.186. The molecule has 114 valence electrons. The molecule has 1 aromatic heterocycles. The van der Waals surface area contributed by atoms with Crippen molar-refractivity contribution in [2.75, 3.05) is 0 Å². The molecule has 1 fully saturated rings. The Morgan fingerprint density at radius 3 is 2.55 bits per heavy atom. The molecule has 0 aliphatic heterocycles. The fourth-order valence-corrected chi connectivity index (χ4v) is 2.88. The minimum Gasteiger partial charge on any atom is -0.386 e. The third kappa shape index (κ3) is 3.31. The second-order valence-electron chi connectivity index (χ2n) is 5.48. The molecule has 20 heavy (non-hydrogen) atoms. The molecule has 0 radical (unpaired) electrons. The highest BCUT2D eigenvalue weighted by atomic mass is 19.4. The molecule has 1 aliphatic rings. The average molecular weight is 291 g/mol. The first-order valence-corrected chi connectivity index (χ1v) is 7.06. The summed E-state index contributed by atoms with van der Waals surface area (Å²) >= 11 is 0. The van der Waals surface area contributed by atoms with Gasteiger partial charge in [-0.1, -0.05) is 12.1 Å². The topological polar surface area (TPSA) is 50.9 Å². The average Bonchev–Trinajstić information content (AvgIpc) is 2.86. The van der Waals surface area contributed by atoms with Crippen LogP contribution in [0.25, 0.3) is 0 Å². The Morgan fingerprint density at radius 1 is 1.35 bits per heavy atom. The van der Waals surface area contributed by atoms with Gasteiger partial charge in [-0.05, 0) is 38.0 Å². The van der Waals surface area contributed by atoms with Gasteiger partial charge in [-0.15, -0.1) is 5.10 Å². The van der Waals surface area contributed by atoms with Crippen LogP contribution < -0.4 is 0 Å². The van der Waals surface area contributed by atoms with Crippen LogP contribution in [0.4, 0.5) is 13.2 Å². The first-order chi connectivity index (χ1) is 9.43. The molecule has 0 spiro atoms. The van der Waals surface area contributed by atoms with Gasteiger partial charge in [-0.2, -0.15) is 13.2 Å². The highest BCUT2D eigenvalue weighted by molar-refractivity contribution is 5.02. The minimum atomic E-state index is -4.11. The lowest BCUT2D eigenvalue weighted by Crippen LogP contribution is -2.30. The first-order valence-electron chi connectivity index (χ1n) is 7.06. The number of halogens is 3. The molecule has 1 unspecified atom stereocenters. The van der Waals surface area contributed by atoms with Crippen molar-refractivity contribution in [2.45, 2.75) is 57.9 Å². The highest BCUT2D eigenvalue weighted by Gasteiger charge is 2.42. The van der Waals surface area contributed by atoms with Crippen LogP contribution in [0, 0.1) is 11.8 Å². The summed E-state index contributed by atoms with van der Waals surface area (Å²) in [7, 11) is 0. The number of aliphatic hydroxyl groups is 1. The smallest absolute Gasteiger partial charge is 0.386 e. The molecular formula is C13H20F3N3O. The van der Waals surface area contributed by atoms with Crippen LogP contribution >= 0.6 is 0 Å². The van der Waals surface area contributed by atoms with Crippen molar-refractivity contribution in [1.82, 2.24) is 15.0 Å².